The third-order valence-corrected chi connectivity index (χ3v) is 5.89. The standard InChI is InChI=1S/C12H29N3O2S/c1-6-10-15(12(5,7-2)11-13)18(16,17)14(8-3)9-4/h6-11,13H2,1-5H3. The van der Waals surface area contributed by atoms with Gasteiger partial charge in [-0.15, -0.1) is 0 Å². The first-order chi connectivity index (χ1) is 8.33. The van der Waals surface area contributed by atoms with Gasteiger partial charge in [0, 0.05) is 31.7 Å². The molecule has 1 atom stereocenters. The Balaban J connectivity index is 5.47. The van der Waals surface area contributed by atoms with Gasteiger partial charge in [0.15, 0.2) is 0 Å². The number of rotatable bonds is 9. The fraction of sp³-hybridized carbons (Fsp3) is 1.00. The van der Waals surface area contributed by atoms with Gasteiger partial charge in [0.1, 0.15) is 0 Å². The van der Waals surface area contributed by atoms with Crippen molar-refractivity contribution in [3.8, 4) is 0 Å². The van der Waals surface area contributed by atoms with Gasteiger partial charge in [-0.2, -0.15) is 17.0 Å². The van der Waals surface area contributed by atoms with E-state index in [4.69, 9.17) is 5.73 Å². The molecule has 0 aliphatic carbocycles. The first-order valence-corrected chi connectivity index (χ1v) is 8.21. The second-order valence-electron chi connectivity index (χ2n) is 4.72. The van der Waals surface area contributed by atoms with Gasteiger partial charge in [-0.05, 0) is 19.8 Å². The van der Waals surface area contributed by atoms with E-state index >= 15 is 0 Å². The summed E-state index contributed by atoms with van der Waals surface area (Å²) in [6.45, 7) is 11.4. The smallest absolute Gasteiger partial charge is 0.282 e. The zero-order valence-corrected chi connectivity index (χ0v) is 13.3. The summed E-state index contributed by atoms with van der Waals surface area (Å²) in [5.74, 6) is 0. The Bertz CT molecular complexity index is 322. The van der Waals surface area contributed by atoms with Crippen molar-refractivity contribution in [3.63, 3.8) is 0 Å². The van der Waals surface area contributed by atoms with Crippen molar-refractivity contribution >= 4 is 10.2 Å². The van der Waals surface area contributed by atoms with Crippen LogP contribution in [0.3, 0.4) is 0 Å². The van der Waals surface area contributed by atoms with Crippen LogP contribution >= 0.6 is 0 Å². The molecule has 2 N–H and O–H groups in total. The van der Waals surface area contributed by atoms with Gasteiger partial charge in [0.05, 0.1) is 0 Å². The van der Waals surface area contributed by atoms with Gasteiger partial charge in [0.2, 0.25) is 0 Å². The van der Waals surface area contributed by atoms with Gasteiger partial charge in [-0.25, -0.2) is 0 Å². The van der Waals surface area contributed by atoms with E-state index in [-0.39, 0.29) is 0 Å². The van der Waals surface area contributed by atoms with E-state index in [1.807, 2.05) is 34.6 Å². The summed E-state index contributed by atoms with van der Waals surface area (Å²) in [4.78, 5) is 0. The number of hydrogen-bond acceptors (Lipinski definition) is 3. The molecule has 5 nitrogen and oxygen atoms in total. The maximum absolute atomic E-state index is 12.6. The molecule has 0 amide bonds. The summed E-state index contributed by atoms with van der Waals surface area (Å²) < 4.78 is 28.4. The van der Waals surface area contributed by atoms with E-state index in [1.54, 1.807) is 4.31 Å². The summed E-state index contributed by atoms with van der Waals surface area (Å²) in [6.07, 6.45) is 1.50. The summed E-state index contributed by atoms with van der Waals surface area (Å²) in [6, 6.07) is 0. The average molecular weight is 279 g/mol. The third kappa shape index (κ3) is 3.66. The van der Waals surface area contributed by atoms with Gasteiger partial charge < -0.3 is 5.73 Å². The van der Waals surface area contributed by atoms with Crippen molar-refractivity contribution in [2.24, 2.45) is 5.73 Å². The maximum Gasteiger partial charge on any atom is 0.282 e. The fourth-order valence-electron chi connectivity index (χ4n) is 1.98. The van der Waals surface area contributed by atoms with Crippen LogP contribution in [0.4, 0.5) is 0 Å². The summed E-state index contributed by atoms with van der Waals surface area (Å²) in [7, 11) is -3.42. The topological polar surface area (TPSA) is 66.6 Å². The molecule has 0 rings (SSSR count). The molecule has 0 heterocycles. The minimum Gasteiger partial charge on any atom is -0.329 e. The normalized spacial score (nSPS) is 16.2. The van der Waals surface area contributed by atoms with Gasteiger partial charge in [-0.1, -0.05) is 27.7 Å². The Morgan fingerprint density at radius 2 is 1.61 bits per heavy atom. The molecule has 0 aromatic carbocycles. The fourth-order valence-corrected chi connectivity index (χ4v) is 4.08. The van der Waals surface area contributed by atoms with Crippen LogP contribution in [0.15, 0.2) is 0 Å². The van der Waals surface area contributed by atoms with Crippen LogP contribution in [0.1, 0.15) is 47.5 Å². The molecule has 0 aromatic heterocycles. The summed E-state index contributed by atoms with van der Waals surface area (Å²) >= 11 is 0. The molecule has 0 aliphatic rings. The van der Waals surface area contributed by atoms with E-state index < -0.39 is 15.7 Å². The van der Waals surface area contributed by atoms with Crippen LogP contribution in [0.2, 0.25) is 0 Å². The van der Waals surface area contributed by atoms with Gasteiger partial charge >= 0.3 is 0 Å². The van der Waals surface area contributed by atoms with Crippen molar-refractivity contribution in [1.29, 1.82) is 0 Å². The molecule has 0 radical (unpaired) electrons. The first kappa shape index (κ1) is 17.8. The van der Waals surface area contributed by atoms with E-state index in [2.05, 4.69) is 0 Å². The molecular formula is C12H29N3O2S. The van der Waals surface area contributed by atoms with Crippen molar-refractivity contribution < 1.29 is 8.42 Å². The molecule has 6 heteroatoms. The molecule has 0 spiro atoms. The molecule has 110 valence electrons. The van der Waals surface area contributed by atoms with Crippen LogP contribution in [-0.2, 0) is 10.2 Å². The Labute approximate surface area is 113 Å². The number of hydrogen-bond donors (Lipinski definition) is 1. The SMILES string of the molecule is CCCN(C(C)(CC)CN)S(=O)(=O)N(CC)CC. The van der Waals surface area contributed by atoms with Crippen LogP contribution in [-0.4, -0.2) is 48.7 Å². The number of nitrogens with zero attached hydrogens (tertiary/aromatic N) is 2. The number of nitrogens with two attached hydrogens (primary N) is 1. The van der Waals surface area contributed by atoms with E-state index in [9.17, 15) is 8.42 Å². The predicted octanol–water partition coefficient (Wildman–Crippen LogP) is 1.41. The van der Waals surface area contributed by atoms with Crippen molar-refractivity contribution in [1.82, 2.24) is 8.61 Å². The highest BCUT2D eigenvalue weighted by Gasteiger charge is 2.39. The lowest BCUT2D eigenvalue weighted by Gasteiger charge is -2.41. The monoisotopic (exact) mass is 279 g/mol. The van der Waals surface area contributed by atoms with E-state index in [0.717, 1.165) is 6.42 Å². The lowest BCUT2D eigenvalue weighted by atomic mass is 9.99. The highest BCUT2D eigenvalue weighted by molar-refractivity contribution is 7.86. The highest BCUT2D eigenvalue weighted by atomic mass is 32.2. The lowest BCUT2D eigenvalue weighted by molar-refractivity contribution is 0.191. The second-order valence-corrected chi connectivity index (χ2v) is 6.57. The predicted molar refractivity (Wildman–Crippen MR) is 76.6 cm³/mol. The average Bonchev–Trinajstić information content (AvgIpc) is 2.36. The van der Waals surface area contributed by atoms with Crippen LogP contribution in [0, 0.1) is 0 Å². The molecular weight excluding hydrogens is 250 g/mol. The van der Waals surface area contributed by atoms with Crippen molar-refractivity contribution in [3.05, 3.63) is 0 Å². The minimum atomic E-state index is -3.42. The maximum atomic E-state index is 12.6. The zero-order chi connectivity index (χ0) is 14.4. The molecule has 0 aromatic rings. The molecule has 0 aliphatic heterocycles. The molecule has 0 bridgehead atoms. The van der Waals surface area contributed by atoms with Crippen LogP contribution < -0.4 is 5.73 Å². The molecule has 0 saturated carbocycles. The second kappa shape index (κ2) is 7.43. The molecule has 18 heavy (non-hydrogen) atoms. The Kier molecular flexibility index (Phi) is 7.36. The van der Waals surface area contributed by atoms with Crippen LogP contribution in [0.5, 0.6) is 0 Å². The molecule has 0 fully saturated rings. The Morgan fingerprint density at radius 3 is 1.89 bits per heavy atom. The van der Waals surface area contributed by atoms with E-state index in [1.165, 1.54) is 4.31 Å². The van der Waals surface area contributed by atoms with Crippen LogP contribution in [0.25, 0.3) is 0 Å². The quantitative estimate of drug-likeness (QED) is 0.694. The Hall–Kier alpha value is -0.170. The molecule has 1 unspecified atom stereocenters. The van der Waals surface area contributed by atoms with Crippen molar-refractivity contribution in [2.75, 3.05) is 26.2 Å². The zero-order valence-electron chi connectivity index (χ0n) is 12.4. The highest BCUT2D eigenvalue weighted by Crippen LogP contribution is 2.24. The Morgan fingerprint density at radius 1 is 1.11 bits per heavy atom. The van der Waals surface area contributed by atoms with Gasteiger partial charge in [0.25, 0.3) is 10.2 Å². The first-order valence-electron chi connectivity index (χ1n) is 6.81. The van der Waals surface area contributed by atoms with Crippen molar-refractivity contribution in [2.45, 2.75) is 53.0 Å². The van der Waals surface area contributed by atoms with Gasteiger partial charge in [-0.3, -0.25) is 0 Å². The van der Waals surface area contributed by atoms with E-state index in [0.29, 0.717) is 32.6 Å². The summed E-state index contributed by atoms with van der Waals surface area (Å²) in [5, 5.41) is 0. The minimum absolute atomic E-state index is 0.337. The molecule has 0 saturated heterocycles. The lowest BCUT2D eigenvalue weighted by Crippen LogP contribution is -2.58. The third-order valence-electron chi connectivity index (χ3n) is 3.54. The summed E-state index contributed by atoms with van der Waals surface area (Å²) in [5.41, 5.74) is 5.30. The largest absolute Gasteiger partial charge is 0.329 e.